The first-order valence-electron chi connectivity index (χ1n) is 8.16. The molecule has 28 heavy (non-hydrogen) atoms. The number of sulfonamides is 1. The summed E-state index contributed by atoms with van der Waals surface area (Å²) in [6.07, 6.45) is 1.20. The number of rotatable bonds is 7. The smallest absolute Gasteiger partial charge is 0.257 e. The lowest BCUT2D eigenvalue weighted by atomic mass is 10.2. The van der Waals surface area contributed by atoms with Gasteiger partial charge in [-0.2, -0.15) is 4.98 Å². The van der Waals surface area contributed by atoms with Crippen LogP contribution in [-0.4, -0.2) is 25.5 Å². The van der Waals surface area contributed by atoms with Crippen molar-refractivity contribution < 1.29 is 17.9 Å². The Morgan fingerprint density at radius 2 is 1.68 bits per heavy atom. The summed E-state index contributed by atoms with van der Waals surface area (Å²) in [6, 6.07) is 13.4. The molecule has 0 aliphatic heterocycles. The molecule has 4 N–H and O–H groups in total. The van der Waals surface area contributed by atoms with E-state index in [-0.39, 0.29) is 22.3 Å². The molecule has 0 unspecified atom stereocenters. The van der Waals surface area contributed by atoms with Crippen molar-refractivity contribution in [3.8, 4) is 17.4 Å². The van der Waals surface area contributed by atoms with E-state index < -0.39 is 10.0 Å². The number of ether oxygens (including phenoxy) is 2. The fourth-order valence-corrected chi connectivity index (χ4v) is 3.10. The molecule has 3 aromatic rings. The third-order valence-electron chi connectivity index (χ3n) is 3.76. The highest BCUT2D eigenvalue weighted by Crippen LogP contribution is 2.34. The van der Waals surface area contributed by atoms with Crippen molar-refractivity contribution in [2.45, 2.75) is 11.8 Å². The number of benzene rings is 2. The number of para-hydroxylation sites is 2. The van der Waals surface area contributed by atoms with Gasteiger partial charge in [0.1, 0.15) is 12.0 Å². The molecule has 3 rings (SSSR count). The Labute approximate surface area is 162 Å². The number of hydrazine groups is 1. The number of nitrogens with two attached hydrogens (primary N) is 1. The van der Waals surface area contributed by atoms with Gasteiger partial charge in [0.25, 0.3) is 10.0 Å². The summed E-state index contributed by atoms with van der Waals surface area (Å²) in [6.45, 7) is 1.87. The monoisotopic (exact) mass is 401 g/mol. The fraction of sp³-hybridized carbons (Fsp3) is 0.111. The molecule has 0 amide bonds. The highest BCUT2D eigenvalue weighted by Gasteiger charge is 2.17. The molecule has 0 radical (unpaired) electrons. The molecule has 0 saturated carbocycles. The van der Waals surface area contributed by atoms with E-state index in [1.54, 1.807) is 36.4 Å². The van der Waals surface area contributed by atoms with E-state index in [1.807, 2.05) is 6.92 Å². The second-order valence-electron chi connectivity index (χ2n) is 5.74. The van der Waals surface area contributed by atoms with Gasteiger partial charge in [-0.3, -0.25) is 5.43 Å². The van der Waals surface area contributed by atoms with Gasteiger partial charge in [0.2, 0.25) is 5.88 Å². The van der Waals surface area contributed by atoms with Gasteiger partial charge in [-0.15, -0.1) is 4.83 Å². The van der Waals surface area contributed by atoms with Crippen LogP contribution in [0.25, 0.3) is 0 Å². The molecule has 0 bridgehead atoms. The normalized spacial score (nSPS) is 11.1. The van der Waals surface area contributed by atoms with Gasteiger partial charge in [-0.25, -0.2) is 13.4 Å². The van der Waals surface area contributed by atoms with Crippen molar-refractivity contribution in [1.82, 2.24) is 14.8 Å². The van der Waals surface area contributed by atoms with Gasteiger partial charge in [0.05, 0.1) is 12.0 Å². The Morgan fingerprint density at radius 1 is 1.00 bits per heavy atom. The summed E-state index contributed by atoms with van der Waals surface area (Å²) < 4.78 is 35.7. The molecule has 146 valence electrons. The van der Waals surface area contributed by atoms with E-state index in [9.17, 15) is 8.42 Å². The molecular weight excluding hydrogens is 382 g/mol. The van der Waals surface area contributed by atoms with E-state index in [0.29, 0.717) is 11.5 Å². The predicted molar refractivity (Wildman–Crippen MR) is 105 cm³/mol. The number of hydrogen-bond acceptors (Lipinski definition) is 8. The number of nitrogens with zero attached hydrogens (tertiary/aromatic N) is 2. The van der Waals surface area contributed by atoms with Gasteiger partial charge in [-0.1, -0.05) is 29.8 Å². The first-order valence-corrected chi connectivity index (χ1v) is 9.65. The zero-order chi connectivity index (χ0) is 20.1. The third kappa shape index (κ3) is 4.30. The number of hydrogen-bond donors (Lipinski definition) is 3. The lowest BCUT2D eigenvalue weighted by molar-refractivity contribution is 0.374. The number of methoxy groups -OCH3 is 1. The van der Waals surface area contributed by atoms with Gasteiger partial charge in [0, 0.05) is 0 Å². The maximum atomic E-state index is 12.4. The molecule has 1 heterocycles. The predicted octanol–water partition coefficient (Wildman–Crippen LogP) is 2.47. The Bertz CT molecular complexity index is 1070. The minimum Gasteiger partial charge on any atom is -0.493 e. The number of nitrogen functional groups attached to an aromatic ring is 1. The molecule has 0 saturated heterocycles. The molecule has 9 nitrogen and oxygen atoms in total. The van der Waals surface area contributed by atoms with Gasteiger partial charge in [-0.05, 0) is 31.2 Å². The first-order chi connectivity index (χ1) is 13.4. The van der Waals surface area contributed by atoms with E-state index in [1.165, 1.54) is 25.6 Å². The second-order valence-corrected chi connectivity index (χ2v) is 7.42. The van der Waals surface area contributed by atoms with Crippen LogP contribution in [0.3, 0.4) is 0 Å². The molecule has 1 aromatic heterocycles. The van der Waals surface area contributed by atoms with E-state index in [4.69, 9.17) is 15.2 Å². The average Bonchev–Trinajstić information content (AvgIpc) is 2.69. The van der Waals surface area contributed by atoms with E-state index in [2.05, 4.69) is 20.2 Å². The van der Waals surface area contributed by atoms with Crippen molar-refractivity contribution in [1.29, 1.82) is 0 Å². The van der Waals surface area contributed by atoms with Crippen LogP contribution < -0.4 is 25.5 Å². The van der Waals surface area contributed by atoms with Crippen molar-refractivity contribution in [2.75, 3.05) is 18.3 Å². The Kier molecular flexibility index (Phi) is 5.62. The Morgan fingerprint density at radius 3 is 2.36 bits per heavy atom. The number of anilines is 2. The zero-order valence-corrected chi connectivity index (χ0v) is 16.0. The summed E-state index contributed by atoms with van der Waals surface area (Å²) in [4.78, 5) is 10.3. The van der Waals surface area contributed by atoms with Crippen molar-refractivity contribution in [3.63, 3.8) is 0 Å². The van der Waals surface area contributed by atoms with Crippen LogP contribution in [0.1, 0.15) is 5.56 Å². The maximum Gasteiger partial charge on any atom is 0.257 e. The SMILES string of the molecule is COc1ccccc1Oc1ncnc(NNS(=O)(=O)c2ccc(C)cc2)c1N. The highest BCUT2D eigenvalue weighted by atomic mass is 32.2. The van der Waals surface area contributed by atoms with E-state index >= 15 is 0 Å². The Balaban J connectivity index is 1.78. The molecular formula is C18H19N5O4S. The van der Waals surface area contributed by atoms with Gasteiger partial charge >= 0.3 is 0 Å². The van der Waals surface area contributed by atoms with Crippen LogP contribution in [-0.2, 0) is 10.0 Å². The topological polar surface area (TPSA) is 128 Å². The molecule has 2 aromatic carbocycles. The lowest BCUT2D eigenvalue weighted by Gasteiger charge is -2.14. The summed E-state index contributed by atoms with van der Waals surface area (Å²) in [7, 11) is -2.30. The largest absolute Gasteiger partial charge is 0.493 e. The second kappa shape index (κ2) is 8.11. The molecule has 0 aliphatic carbocycles. The third-order valence-corrected chi connectivity index (χ3v) is 5.02. The van der Waals surface area contributed by atoms with Crippen LogP contribution >= 0.6 is 0 Å². The Hall–Kier alpha value is -3.37. The van der Waals surface area contributed by atoms with E-state index in [0.717, 1.165) is 5.56 Å². The summed E-state index contributed by atoms with van der Waals surface area (Å²) in [5, 5.41) is 0. The van der Waals surface area contributed by atoms with Crippen LogP contribution in [0.5, 0.6) is 17.4 Å². The number of aromatic nitrogens is 2. The average molecular weight is 401 g/mol. The summed E-state index contributed by atoms with van der Waals surface area (Å²) in [5.74, 6) is 1.00. The maximum absolute atomic E-state index is 12.4. The summed E-state index contributed by atoms with van der Waals surface area (Å²) in [5.41, 5.74) is 9.50. The summed E-state index contributed by atoms with van der Waals surface area (Å²) >= 11 is 0. The number of aryl methyl sites for hydroxylation is 1. The van der Waals surface area contributed by atoms with Crippen molar-refractivity contribution in [2.24, 2.45) is 0 Å². The van der Waals surface area contributed by atoms with Crippen LogP contribution in [0.4, 0.5) is 11.5 Å². The quantitative estimate of drug-likeness (QED) is 0.515. The minimum atomic E-state index is -3.81. The van der Waals surface area contributed by atoms with Crippen LogP contribution in [0, 0.1) is 6.92 Å². The zero-order valence-electron chi connectivity index (χ0n) is 15.2. The first kappa shape index (κ1) is 19.4. The molecule has 0 atom stereocenters. The van der Waals surface area contributed by atoms with Crippen LogP contribution in [0.2, 0.25) is 0 Å². The fourth-order valence-electron chi connectivity index (χ4n) is 2.26. The highest BCUT2D eigenvalue weighted by molar-refractivity contribution is 7.89. The van der Waals surface area contributed by atoms with Gasteiger partial charge < -0.3 is 15.2 Å². The van der Waals surface area contributed by atoms with Gasteiger partial charge in [0.15, 0.2) is 17.3 Å². The molecule has 0 fully saturated rings. The minimum absolute atomic E-state index is 0.0278. The van der Waals surface area contributed by atoms with Crippen molar-refractivity contribution >= 4 is 21.5 Å². The lowest BCUT2D eigenvalue weighted by Crippen LogP contribution is -2.30. The standard InChI is InChI=1S/C18H19N5O4S/c1-12-7-9-13(10-8-12)28(24,25)23-22-17-16(19)18(21-11-20-17)27-15-6-4-3-5-14(15)26-2/h3-11,23H,19H2,1-2H3,(H,20,21,22). The molecule has 0 aliphatic rings. The number of nitrogens with one attached hydrogen (secondary N) is 2. The molecule has 0 spiro atoms. The molecule has 10 heteroatoms. The van der Waals surface area contributed by atoms with Crippen molar-refractivity contribution in [3.05, 3.63) is 60.4 Å². The van der Waals surface area contributed by atoms with Crippen LogP contribution in [0.15, 0.2) is 59.8 Å².